The molecule has 0 bridgehead atoms. The highest BCUT2D eigenvalue weighted by molar-refractivity contribution is 5.23. The first-order valence-corrected chi connectivity index (χ1v) is 7.64. The van der Waals surface area contributed by atoms with E-state index in [0.717, 1.165) is 32.1 Å². The minimum atomic E-state index is 0.591. The molecule has 1 aromatic carbocycles. The molecule has 0 amide bonds. The number of ether oxygens (including phenoxy) is 1. The summed E-state index contributed by atoms with van der Waals surface area (Å²) in [5.74, 6) is 0.749. The van der Waals surface area contributed by atoms with Crippen LogP contribution in [0.5, 0.6) is 0 Å². The fraction of sp³-hybridized carbons (Fsp3) is 0.647. The molecular weight excluding hydrogens is 234 g/mol. The van der Waals surface area contributed by atoms with Crippen LogP contribution in [-0.4, -0.2) is 25.8 Å². The highest BCUT2D eigenvalue weighted by Gasteiger charge is 2.20. The Kier molecular flexibility index (Phi) is 5.87. The van der Waals surface area contributed by atoms with Gasteiger partial charge >= 0.3 is 0 Å². The van der Waals surface area contributed by atoms with Crippen molar-refractivity contribution in [3.8, 4) is 0 Å². The predicted octanol–water partition coefficient (Wildman–Crippen LogP) is 3.33. The fourth-order valence-corrected chi connectivity index (χ4v) is 2.88. The van der Waals surface area contributed by atoms with E-state index in [4.69, 9.17) is 4.74 Å². The quantitative estimate of drug-likeness (QED) is 0.813. The molecule has 1 aliphatic rings. The minimum Gasteiger partial charge on any atom is -0.381 e. The first-order chi connectivity index (χ1) is 9.28. The summed E-state index contributed by atoms with van der Waals surface area (Å²) < 4.78 is 5.50. The molecule has 2 atom stereocenters. The number of hydrogen-bond donors (Lipinski definition) is 1. The van der Waals surface area contributed by atoms with Crippen molar-refractivity contribution in [2.75, 3.05) is 19.8 Å². The first kappa shape index (κ1) is 14.5. The Morgan fingerprint density at radius 1 is 1.42 bits per heavy atom. The standard InChI is InChI=1S/C17H27NO/c1-3-8-18-17(12-16-7-9-19-13-16)11-15-6-4-5-14(2)10-15/h4-6,10,16-18H,3,7-9,11-13H2,1-2H3. The Bertz CT molecular complexity index is 371. The van der Waals surface area contributed by atoms with Crippen LogP contribution < -0.4 is 5.32 Å². The monoisotopic (exact) mass is 261 g/mol. The second kappa shape index (κ2) is 7.66. The third-order valence-electron chi connectivity index (χ3n) is 3.89. The van der Waals surface area contributed by atoms with Crippen molar-refractivity contribution in [3.05, 3.63) is 35.4 Å². The number of aryl methyl sites for hydroxylation is 1. The van der Waals surface area contributed by atoms with E-state index in [9.17, 15) is 0 Å². The lowest BCUT2D eigenvalue weighted by Gasteiger charge is -2.21. The maximum Gasteiger partial charge on any atom is 0.0495 e. The van der Waals surface area contributed by atoms with Gasteiger partial charge in [-0.25, -0.2) is 0 Å². The van der Waals surface area contributed by atoms with Crippen LogP contribution in [0, 0.1) is 12.8 Å². The van der Waals surface area contributed by atoms with Gasteiger partial charge in [0.15, 0.2) is 0 Å². The van der Waals surface area contributed by atoms with Crippen LogP contribution in [0.25, 0.3) is 0 Å². The molecule has 1 aliphatic heterocycles. The van der Waals surface area contributed by atoms with Crippen LogP contribution in [0.1, 0.15) is 37.3 Å². The molecule has 0 aliphatic carbocycles. The Morgan fingerprint density at radius 2 is 2.32 bits per heavy atom. The van der Waals surface area contributed by atoms with Crippen LogP contribution in [0.2, 0.25) is 0 Å². The SMILES string of the molecule is CCCNC(Cc1cccc(C)c1)CC1CCOC1. The lowest BCUT2D eigenvalue weighted by molar-refractivity contribution is 0.181. The molecule has 2 unspecified atom stereocenters. The van der Waals surface area contributed by atoms with Gasteiger partial charge in [0.05, 0.1) is 0 Å². The highest BCUT2D eigenvalue weighted by Crippen LogP contribution is 2.20. The van der Waals surface area contributed by atoms with E-state index < -0.39 is 0 Å². The van der Waals surface area contributed by atoms with Gasteiger partial charge in [-0.2, -0.15) is 0 Å². The minimum absolute atomic E-state index is 0.591. The highest BCUT2D eigenvalue weighted by atomic mass is 16.5. The van der Waals surface area contributed by atoms with E-state index in [1.165, 1.54) is 30.4 Å². The Hall–Kier alpha value is -0.860. The molecule has 2 heteroatoms. The lowest BCUT2D eigenvalue weighted by Crippen LogP contribution is -2.34. The van der Waals surface area contributed by atoms with Crippen molar-refractivity contribution >= 4 is 0 Å². The summed E-state index contributed by atoms with van der Waals surface area (Å²) in [6.07, 6.45) is 4.82. The number of rotatable bonds is 7. The molecule has 1 fully saturated rings. The van der Waals surface area contributed by atoms with Gasteiger partial charge in [0.1, 0.15) is 0 Å². The van der Waals surface area contributed by atoms with Crippen molar-refractivity contribution in [3.63, 3.8) is 0 Å². The van der Waals surface area contributed by atoms with E-state index in [-0.39, 0.29) is 0 Å². The molecule has 2 nitrogen and oxygen atoms in total. The smallest absolute Gasteiger partial charge is 0.0495 e. The molecule has 1 aromatic rings. The van der Waals surface area contributed by atoms with Crippen molar-refractivity contribution in [1.29, 1.82) is 0 Å². The molecule has 2 rings (SSSR count). The normalized spacial score (nSPS) is 20.6. The van der Waals surface area contributed by atoms with Gasteiger partial charge < -0.3 is 10.1 Å². The summed E-state index contributed by atoms with van der Waals surface area (Å²) >= 11 is 0. The molecule has 0 radical (unpaired) electrons. The van der Waals surface area contributed by atoms with Crippen LogP contribution in [0.15, 0.2) is 24.3 Å². The molecule has 106 valence electrons. The van der Waals surface area contributed by atoms with Gasteiger partial charge in [0, 0.05) is 19.3 Å². The van der Waals surface area contributed by atoms with E-state index in [2.05, 4.69) is 43.4 Å². The predicted molar refractivity (Wildman–Crippen MR) is 80.5 cm³/mol. The van der Waals surface area contributed by atoms with Crippen LogP contribution >= 0.6 is 0 Å². The van der Waals surface area contributed by atoms with Crippen molar-refractivity contribution in [1.82, 2.24) is 5.32 Å². The number of nitrogens with one attached hydrogen (secondary N) is 1. The van der Waals surface area contributed by atoms with E-state index >= 15 is 0 Å². The summed E-state index contributed by atoms with van der Waals surface area (Å²) in [5.41, 5.74) is 2.81. The summed E-state index contributed by atoms with van der Waals surface area (Å²) in [7, 11) is 0. The Balaban J connectivity index is 1.92. The fourth-order valence-electron chi connectivity index (χ4n) is 2.88. The van der Waals surface area contributed by atoms with Crippen molar-refractivity contribution in [2.45, 2.75) is 45.6 Å². The maximum absolute atomic E-state index is 5.50. The molecule has 0 aromatic heterocycles. The molecular formula is C17H27NO. The third-order valence-corrected chi connectivity index (χ3v) is 3.89. The molecule has 1 N–H and O–H groups in total. The summed E-state index contributed by atoms with van der Waals surface area (Å²) in [5, 5.41) is 3.71. The zero-order chi connectivity index (χ0) is 13.5. The van der Waals surface area contributed by atoms with Gasteiger partial charge in [-0.3, -0.25) is 0 Å². The van der Waals surface area contributed by atoms with Gasteiger partial charge in [0.25, 0.3) is 0 Å². The zero-order valence-corrected chi connectivity index (χ0v) is 12.3. The zero-order valence-electron chi connectivity index (χ0n) is 12.3. The second-order valence-corrected chi connectivity index (χ2v) is 5.81. The first-order valence-electron chi connectivity index (χ1n) is 7.64. The third kappa shape index (κ3) is 4.96. The maximum atomic E-state index is 5.50. The van der Waals surface area contributed by atoms with Crippen molar-refractivity contribution in [2.24, 2.45) is 5.92 Å². The summed E-state index contributed by atoms with van der Waals surface area (Å²) in [6.45, 7) is 7.43. The molecule has 1 saturated heterocycles. The van der Waals surface area contributed by atoms with Crippen LogP contribution in [-0.2, 0) is 11.2 Å². The van der Waals surface area contributed by atoms with Crippen molar-refractivity contribution < 1.29 is 4.74 Å². The molecule has 1 heterocycles. The molecule has 0 spiro atoms. The van der Waals surface area contributed by atoms with E-state index in [0.29, 0.717) is 6.04 Å². The lowest BCUT2D eigenvalue weighted by atomic mass is 9.94. The summed E-state index contributed by atoms with van der Waals surface area (Å²) in [4.78, 5) is 0. The average molecular weight is 261 g/mol. The van der Waals surface area contributed by atoms with Crippen LogP contribution in [0.4, 0.5) is 0 Å². The van der Waals surface area contributed by atoms with Gasteiger partial charge in [-0.1, -0.05) is 36.8 Å². The van der Waals surface area contributed by atoms with Gasteiger partial charge in [-0.15, -0.1) is 0 Å². The molecule has 0 saturated carbocycles. The van der Waals surface area contributed by atoms with Gasteiger partial charge in [0.2, 0.25) is 0 Å². The molecule has 19 heavy (non-hydrogen) atoms. The van der Waals surface area contributed by atoms with Crippen LogP contribution in [0.3, 0.4) is 0 Å². The summed E-state index contributed by atoms with van der Waals surface area (Å²) in [6, 6.07) is 9.49. The second-order valence-electron chi connectivity index (χ2n) is 5.81. The van der Waals surface area contributed by atoms with E-state index in [1.54, 1.807) is 0 Å². The van der Waals surface area contributed by atoms with Gasteiger partial charge in [-0.05, 0) is 50.6 Å². The number of benzene rings is 1. The Labute approximate surface area is 117 Å². The topological polar surface area (TPSA) is 21.3 Å². The Morgan fingerprint density at radius 3 is 3.00 bits per heavy atom. The number of hydrogen-bond acceptors (Lipinski definition) is 2. The average Bonchev–Trinajstić information content (AvgIpc) is 2.89. The van der Waals surface area contributed by atoms with E-state index in [1.807, 2.05) is 0 Å². The largest absolute Gasteiger partial charge is 0.381 e.